The van der Waals surface area contributed by atoms with Crippen LogP contribution in [0.1, 0.15) is 21.5 Å². The smallest absolute Gasteiger partial charge is 0.251 e. The number of carbonyl (C=O) groups excluding carboxylic acids is 2. The van der Waals surface area contributed by atoms with Crippen LogP contribution in [0.4, 0.5) is 0 Å². The van der Waals surface area contributed by atoms with Gasteiger partial charge in [-0.05, 0) is 29.7 Å². The summed E-state index contributed by atoms with van der Waals surface area (Å²) in [6.45, 7) is 0. The van der Waals surface area contributed by atoms with Crippen molar-refractivity contribution in [2.24, 2.45) is 0 Å². The quantitative estimate of drug-likeness (QED) is 0.470. The molecule has 0 aliphatic carbocycles. The van der Waals surface area contributed by atoms with Gasteiger partial charge in [-0.15, -0.1) is 0 Å². The standard InChI is InChI=1S/C27H28N2O4S/c1-34(32,33)18-17-24(19-21-11-5-2-6-12-21)28-27(31)25(20-22-13-7-3-8-14-22)29-26(30)23-15-9-4-10-16-23/h2-18,24-25H,19-20H2,1H3,(H,28,31)(H,29,30)/b18-17+/t24-,25+/m1/s1. The molecule has 0 saturated heterocycles. The third-order valence-corrected chi connectivity index (χ3v) is 5.78. The summed E-state index contributed by atoms with van der Waals surface area (Å²) < 4.78 is 23.4. The summed E-state index contributed by atoms with van der Waals surface area (Å²) in [5, 5.41) is 6.83. The molecule has 0 fully saturated rings. The Labute approximate surface area is 200 Å². The van der Waals surface area contributed by atoms with Gasteiger partial charge in [0.1, 0.15) is 6.04 Å². The van der Waals surface area contributed by atoms with Crippen molar-refractivity contribution in [3.63, 3.8) is 0 Å². The Hall–Kier alpha value is -3.71. The zero-order valence-electron chi connectivity index (χ0n) is 18.9. The first-order valence-corrected chi connectivity index (χ1v) is 12.9. The molecule has 7 heteroatoms. The molecule has 6 nitrogen and oxygen atoms in total. The van der Waals surface area contributed by atoms with Gasteiger partial charge in [-0.3, -0.25) is 9.59 Å². The average molecular weight is 477 g/mol. The van der Waals surface area contributed by atoms with Crippen molar-refractivity contribution >= 4 is 21.7 Å². The maximum absolute atomic E-state index is 13.3. The monoisotopic (exact) mass is 476 g/mol. The number of benzene rings is 3. The minimum Gasteiger partial charge on any atom is -0.348 e. The Morgan fingerprint density at radius 1 is 0.765 bits per heavy atom. The third kappa shape index (κ3) is 8.33. The van der Waals surface area contributed by atoms with E-state index in [0.29, 0.717) is 18.4 Å². The molecule has 3 aromatic rings. The Balaban J connectivity index is 1.82. The van der Waals surface area contributed by atoms with Gasteiger partial charge in [0.2, 0.25) is 5.91 Å². The van der Waals surface area contributed by atoms with E-state index in [2.05, 4.69) is 10.6 Å². The summed E-state index contributed by atoms with van der Waals surface area (Å²) in [4.78, 5) is 26.1. The second kappa shape index (κ2) is 12.0. The van der Waals surface area contributed by atoms with E-state index >= 15 is 0 Å². The van der Waals surface area contributed by atoms with Crippen LogP contribution in [0, 0.1) is 0 Å². The topological polar surface area (TPSA) is 92.3 Å². The number of nitrogens with one attached hydrogen (secondary N) is 2. The molecule has 2 atom stereocenters. The maximum Gasteiger partial charge on any atom is 0.251 e. The Bertz CT molecular complexity index is 1210. The highest BCUT2D eigenvalue weighted by Crippen LogP contribution is 2.09. The van der Waals surface area contributed by atoms with E-state index in [4.69, 9.17) is 0 Å². The van der Waals surface area contributed by atoms with Crippen LogP contribution < -0.4 is 10.6 Å². The number of rotatable bonds is 10. The molecule has 0 unspecified atom stereocenters. The Kier molecular flexibility index (Phi) is 8.76. The van der Waals surface area contributed by atoms with Gasteiger partial charge in [-0.2, -0.15) is 0 Å². The van der Waals surface area contributed by atoms with E-state index in [-0.39, 0.29) is 5.91 Å². The fourth-order valence-electron chi connectivity index (χ4n) is 3.45. The van der Waals surface area contributed by atoms with Crippen molar-refractivity contribution in [1.82, 2.24) is 10.6 Å². The molecule has 0 radical (unpaired) electrons. The van der Waals surface area contributed by atoms with Crippen LogP contribution in [-0.4, -0.2) is 38.6 Å². The largest absolute Gasteiger partial charge is 0.348 e. The normalized spacial score (nSPS) is 13.2. The molecule has 3 aromatic carbocycles. The second-order valence-electron chi connectivity index (χ2n) is 8.04. The first-order chi connectivity index (χ1) is 16.3. The molecule has 0 spiro atoms. The van der Waals surface area contributed by atoms with Gasteiger partial charge >= 0.3 is 0 Å². The van der Waals surface area contributed by atoms with Gasteiger partial charge in [0.15, 0.2) is 9.84 Å². The molecule has 0 aliphatic rings. The van der Waals surface area contributed by atoms with Gasteiger partial charge in [0.05, 0.1) is 6.04 Å². The van der Waals surface area contributed by atoms with Gasteiger partial charge in [0, 0.05) is 23.6 Å². The van der Waals surface area contributed by atoms with Crippen LogP contribution in [0.2, 0.25) is 0 Å². The molecule has 3 rings (SSSR count). The lowest BCUT2D eigenvalue weighted by Crippen LogP contribution is -2.50. The summed E-state index contributed by atoms with van der Waals surface area (Å²) in [6, 6.07) is 26.1. The SMILES string of the molecule is CS(=O)(=O)/C=C/[C@H](Cc1ccccc1)NC(=O)[C@H](Cc1ccccc1)NC(=O)c1ccccc1. The van der Waals surface area contributed by atoms with E-state index in [9.17, 15) is 18.0 Å². The summed E-state index contributed by atoms with van der Waals surface area (Å²) in [5.74, 6) is -0.754. The van der Waals surface area contributed by atoms with E-state index in [1.54, 1.807) is 24.3 Å². The molecule has 2 amide bonds. The number of hydrogen-bond acceptors (Lipinski definition) is 4. The molecule has 0 heterocycles. The van der Waals surface area contributed by atoms with Crippen LogP contribution in [0.25, 0.3) is 0 Å². The molecular formula is C27H28N2O4S. The van der Waals surface area contributed by atoms with E-state index < -0.39 is 27.8 Å². The maximum atomic E-state index is 13.3. The minimum absolute atomic E-state index is 0.291. The summed E-state index contributed by atoms with van der Waals surface area (Å²) in [6.07, 6.45) is 3.27. The zero-order valence-corrected chi connectivity index (χ0v) is 19.7. The first-order valence-electron chi connectivity index (χ1n) is 10.9. The van der Waals surface area contributed by atoms with Crippen molar-refractivity contribution in [3.8, 4) is 0 Å². The highest BCUT2D eigenvalue weighted by atomic mass is 32.2. The summed E-state index contributed by atoms with van der Waals surface area (Å²) in [7, 11) is -3.37. The molecule has 176 valence electrons. The van der Waals surface area contributed by atoms with Crippen LogP contribution in [-0.2, 0) is 27.5 Å². The van der Waals surface area contributed by atoms with Crippen LogP contribution >= 0.6 is 0 Å². The van der Waals surface area contributed by atoms with Crippen molar-refractivity contribution in [2.45, 2.75) is 24.9 Å². The molecular weight excluding hydrogens is 448 g/mol. The lowest BCUT2D eigenvalue weighted by Gasteiger charge is -2.22. The van der Waals surface area contributed by atoms with Gasteiger partial charge in [-0.1, -0.05) is 84.9 Å². The lowest BCUT2D eigenvalue weighted by molar-refractivity contribution is -0.123. The Morgan fingerprint density at radius 3 is 1.79 bits per heavy atom. The van der Waals surface area contributed by atoms with Gasteiger partial charge in [-0.25, -0.2) is 8.42 Å². The van der Waals surface area contributed by atoms with E-state index in [0.717, 1.165) is 22.8 Å². The number of sulfone groups is 1. The van der Waals surface area contributed by atoms with E-state index in [1.807, 2.05) is 66.7 Å². The molecule has 0 aliphatic heterocycles. The van der Waals surface area contributed by atoms with Crippen molar-refractivity contribution < 1.29 is 18.0 Å². The molecule has 0 bridgehead atoms. The molecule has 0 aromatic heterocycles. The number of amides is 2. The van der Waals surface area contributed by atoms with Crippen LogP contribution in [0.5, 0.6) is 0 Å². The number of carbonyl (C=O) groups is 2. The molecule has 2 N–H and O–H groups in total. The first kappa shape index (κ1) is 24.9. The Morgan fingerprint density at radius 2 is 1.26 bits per heavy atom. The fraction of sp³-hybridized carbons (Fsp3) is 0.185. The third-order valence-electron chi connectivity index (χ3n) is 5.12. The van der Waals surface area contributed by atoms with Crippen molar-refractivity contribution in [2.75, 3.05) is 6.26 Å². The molecule has 0 saturated carbocycles. The van der Waals surface area contributed by atoms with Crippen molar-refractivity contribution in [1.29, 1.82) is 0 Å². The summed E-state index contributed by atoms with van der Waals surface area (Å²) in [5.41, 5.74) is 2.28. The fourth-order valence-corrected chi connectivity index (χ4v) is 3.92. The number of hydrogen-bond donors (Lipinski definition) is 2. The van der Waals surface area contributed by atoms with E-state index in [1.165, 1.54) is 6.08 Å². The van der Waals surface area contributed by atoms with Crippen molar-refractivity contribution in [3.05, 3.63) is 119 Å². The lowest BCUT2D eigenvalue weighted by atomic mass is 10.0. The van der Waals surface area contributed by atoms with Gasteiger partial charge < -0.3 is 10.6 Å². The van der Waals surface area contributed by atoms with Crippen LogP contribution in [0.15, 0.2) is 102 Å². The highest BCUT2D eigenvalue weighted by Gasteiger charge is 2.24. The second-order valence-corrected chi connectivity index (χ2v) is 9.98. The summed E-state index contributed by atoms with van der Waals surface area (Å²) >= 11 is 0. The average Bonchev–Trinajstić information content (AvgIpc) is 2.83. The molecule has 34 heavy (non-hydrogen) atoms. The predicted octanol–water partition coefficient (Wildman–Crippen LogP) is 3.31. The zero-order chi connectivity index (χ0) is 24.4. The highest BCUT2D eigenvalue weighted by molar-refractivity contribution is 7.93. The van der Waals surface area contributed by atoms with Crippen LogP contribution in [0.3, 0.4) is 0 Å². The van der Waals surface area contributed by atoms with Gasteiger partial charge in [0.25, 0.3) is 5.91 Å². The minimum atomic E-state index is -3.37. The predicted molar refractivity (Wildman–Crippen MR) is 134 cm³/mol.